The third-order valence-electron chi connectivity index (χ3n) is 5.09. The molecule has 0 heterocycles. The molecule has 28 heavy (non-hydrogen) atoms. The second-order valence-electron chi connectivity index (χ2n) is 7.25. The number of likely N-dealkylation sites (N-methyl/N-ethyl adjacent to an activating group) is 1. The summed E-state index contributed by atoms with van der Waals surface area (Å²) in [5.41, 5.74) is 4.55. The van der Waals surface area contributed by atoms with E-state index in [-0.39, 0.29) is 11.8 Å². The fraction of sp³-hybridized carbons (Fsp3) is 0.417. The molecule has 0 saturated carbocycles. The molecule has 1 unspecified atom stereocenters. The van der Waals surface area contributed by atoms with E-state index in [4.69, 9.17) is 0 Å². The SMILES string of the molecule is CCNC(=O)C(CC)N(Cc1ccccc1C)C(=O)CCc1ccc(C)cc1. The van der Waals surface area contributed by atoms with Gasteiger partial charge in [-0.3, -0.25) is 9.59 Å². The van der Waals surface area contributed by atoms with Crippen molar-refractivity contribution in [1.29, 1.82) is 0 Å². The van der Waals surface area contributed by atoms with Gasteiger partial charge in [0, 0.05) is 19.5 Å². The molecule has 0 radical (unpaired) electrons. The van der Waals surface area contributed by atoms with Crippen LogP contribution in [0.5, 0.6) is 0 Å². The summed E-state index contributed by atoms with van der Waals surface area (Å²) < 4.78 is 0. The molecular formula is C24H32N2O2. The molecule has 0 saturated heterocycles. The lowest BCUT2D eigenvalue weighted by atomic mass is 10.0. The highest BCUT2D eigenvalue weighted by atomic mass is 16.2. The summed E-state index contributed by atoms with van der Waals surface area (Å²) in [6.07, 6.45) is 1.66. The maximum absolute atomic E-state index is 13.2. The van der Waals surface area contributed by atoms with Crippen molar-refractivity contribution < 1.29 is 9.59 Å². The van der Waals surface area contributed by atoms with Crippen molar-refractivity contribution in [3.63, 3.8) is 0 Å². The molecular weight excluding hydrogens is 348 g/mol. The molecule has 4 nitrogen and oxygen atoms in total. The predicted molar refractivity (Wildman–Crippen MR) is 114 cm³/mol. The van der Waals surface area contributed by atoms with E-state index in [2.05, 4.69) is 36.5 Å². The number of benzene rings is 2. The van der Waals surface area contributed by atoms with Gasteiger partial charge in [-0.25, -0.2) is 0 Å². The van der Waals surface area contributed by atoms with Gasteiger partial charge in [-0.05, 0) is 50.3 Å². The summed E-state index contributed by atoms with van der Waals surface area (Å²) in [7, 11) is 0. The van der Waals surface area contributed by atoms with E-state index in [1.54, 1.807) is 4.90 Å². The minimum absolute atomic E-state index is 0.0157. The standard InChI is InChI=1S/C24H32N2O2/c1-5-22(24(28)25-6-2)26(17-21-10-8-7-9-19(21)4)23(27)16-15-20-13-11-18(3)12-14-20/h7-14,22H,5-6,15-17H2,1-4H3,(H,25,28). The molecule has 2 aromatic carbocycles. The molecule has 2 aromatic rings. The Labute approximate surface area is 169 Å². The summed E-state index contributed by atoms with van der Waals surface area (Å²) in [6, 6.07) is 15.8. The highest BCUT2D eigenvalue weighted by Gasteiger charge is 2.28. The summed E-state index contributed by atoms with van der Waals surface area (Å²) in [6.45, 7) is 8.96. The minimum Gasteiger partial charge on any atom is -0.355 e. The van der Waals surface area contributed by atoms with Crippen molar-refractivity contribution >= 4 is 11.8 Å². The minimum atomic E-state index is -0.454. The number of rotatable bonds is 9. The topological polar surface area (TPSA) is 49.4 Å². The predicted octanol–water partition coefficient (Wildman–Crippen LogP) is 4.18. The van der Waals surface area contributed by atoms with Crippen LogP contribution in [0, 0.1) is 13.8 Å². The van der Waals surface area contributed by atoms with E-state index >= 15 is 0 Å². The first kappa shape index (κ1) is 21.7. The summed E-state index contributed by atoms with van der Waals surface area (Å²) in [4.78, 5) is 27.5. The van der Waals surface area contributed by atoms with Gasteiger partial charge in [0.15, 0.2) is 0 Å². The second-order valence-corrected chi connectivity index (χ2v) is 7.25. The average Bonchev–Trinajstić information content (AvgIpc) is 2.69. The van der Waals surface area contributed by atoms with Crippen LogP contribution in [-0.2, 0) is 22.6 Å². The molecule has 1 N–H and O–H groups in total. The molecule has 4 heteroatoms. The van der Waals surface area contributed by atoms with Gasteiger partial charge in [0.2, 0.25) is 11.8 Å². The van der Waals surface area contributed by atoms with Gasteiger partial charge >= 0.3 is 0 Å². The molecule has 0 fully saturated rings. The third kappa shape index (κ3) is 5.95. The fourth-order valence-corrected chi connectivity index (χ4v) is 3.33. The lowest BCUT2D eigenvalue weighted by molar-refractivity contribution is -0.141. The maximum Gasteiger partial charge on any atom is 0.242 e. The Morgan fingerprint density at radius 2 is 1.68 bits per heavy atom. The quantitative estimate of drug-likeness (QED) is 0.709. The normalized spacial score (nSPS) is 11.7. The van der Waals surface area contributed by atoms with Crippen LogP contribution in [0.2, 0.25) is 0 Å². The maximum atomic E-state index is 13.2. The van der Waals surface area contributed by atoms with Gasteiger partial charge in [0.25, 0.3) is 0 Å². The van der Waals surface area contributed by atoms with Gasteiger partial charge in [-0.1, -0.05) is 61.0 Å². The number of amides is 2. The number of hydrogen-bond acceptors (Lipinski definition) is 2. The molecule has 0 bridgehead atoms. The summed E-state index contributed by atoms with van der Waals surface area (Å²) in [5.74, 6) is -0.0656. The largest absolute Gasteiger partial charge is 0.355 e. The Hall–Kier alpha value is -2.62. The molecule has 0 aliphatic rings. The van der Waals surface area contributed by atoms with Crippen LogP contribution in [0.4, 0.5) is 0 Å². The molecule has 150 valence electrons. The van der Waals surface area contributed by atoms with Crippen molar-refractivity contribution in [1.82, 2.24) is 10.2 Å². The van der Waals surface area contributed by atoms with Gasteiger partial charge < -0.3 is 10.2 Å². The number of nitrogens with one attached hydrogen (secondary N) is 1. The zero-order chi connectivity index (χ0) is 20.5. The van der Waals surface area contributed by atoms with E-state index in [9.17, 15) is 9.59 Å². The fourth-order valence-electron chi connectivity index (χ4n) is 3.33. The van der Waals surface area contributed by atoms with E-state index < -0.39 is 6.04 Å². The number of carbonyl (C=O) groups excluding carboxylic acids is 2. The summed E-state index contributed by atoms with van der Waals surface area (Å²) >= 11 is 0. The van der Waals surface area contributed by atoms with Crippen molar-refractivity contribution in [3.8, 4) is 0 Å². The van der Waals surface area contributed by atoms with Crippen LogP contribution in [0.25, 0.3) is 0 Å². The van der Waals surface area contributed by atoms with E-state index in [1.807, 2.05) is 45.0 Å². The Morgan fingerprint density at radius 1 is 1.00 bits per heavy atom. The molecule has 0 spiro atoms. The second kappa shape index (κ2) is 10.6. The zero-order valence-electron chi connectivity index (χ0n) is 17.5. The molecule has 1 atom stereocenters. The van der Waals surface area contributed by atoms with Gasteiger partial charge in [0.1, 0.15) is 6.04 Å². The van der Waals surface area contributed by atoms with Crippen molar-refractivity contribution in [2.24, 2.45) is 0 Å². The lowest BCUT2D eigenvalue weighted by Gasteiger charge is -2.31. The van der Waals surface area contributed by atoms with Crippen molar-refractivity contribution in [2.45, 2.75) is 59.5 Å². The van der Waals surface area contributed by atoms with Crippen LogP contribution < -0.4 is 5.32 Å². The van der Waals surface area contributed by atoms with Gasteiger partial charge in [-0.15, -0.1) is 0 Å². The Kier molecular flexibility index (Phi) is 8.24. The highest BCUT2D eigenvalue weighted by molar-refractivity contribution is 5.87. The van der Waals surface area contributed by atoms with E-state index in [0.717, 1.165) is 16.7 Å². The number of carbonyl (C=O) groups is 2. The summed E-state index contributed by atoms with van der Waals surface area (Å²) in [5, 5.41) is 2.88. The molecule has 2 amide bonds. The molecule has 0 aliphatic heterocycles. The van der Waals surface area contributed by atoms with Crippen LogP contribution in [0.3, 0.4) is 0 Å². The Bertz CT molecular complexity index is 783. The van der Waals surface area contributed by atoms with Gasteiger partial charge in [0.05, 0.1) is 0 Å². The zero-order valence-corrected chi connectivity index (χ0v) is 17.5. The Morgan fingerprint density at radius 3 is 2.29 bits per heavy atom. The first-order valence-corrected chi connectivity index (χ1v) is 10.1. The lowest BCUT2D eigenvalue weighted by Crippen LogP contribution is -2.49. The highest BCUT2D eigenvalue weighted by Crippen LogP contribution is 2.17. The first-order chi connectivity index (χ1) is 13.5. The van der Waals surface area contributed by atoms with Crippen LogP contribution in [0.15, 0.2) is 48.5 Å². The van der Waals surface area contributed by atoms with Crippen LogP contribution in [-0.4, -0.2) is 29.3 Å². The molecule has 2 rings (SSSR count). The molecule has 0 aliphatic carbocycles. The van der Waals surface area contributed by atoms with Crippen LogP contribution in [0.1, 0.15) is 48.9 Å². The monoisotopic (exact) mass is 380 g/mol. The number of aryl methyl sites for hydroxylation is 3. The van der Waals surface area contributed by atoms with Crippen molar-refractivity contribution in [3.05, 3.63) is 70.8 Å². The molecule has 0 aromatic heterocycles. The first-order valence-electron chi connectivity index (χ1n) is 10.1. The Balaban J connectivity index is 2.20. The van der Waals surface area contributed by atoms with Crippen LogP contribution >= 0.6 is 0 Å². The third-order valence-corrected chi connectivity index (χ3v) is 5.09. The smallest absolute Gasteiger partial charge is 0.242 e. The van der Waals surface area contributed by atoms with E-state index in [0.29, 0.717) is 32.4 Å². The van der Waals surface area contributed by atoms with Crippen molar-refractivity contribution in [2.75, 3.05) is 6.54 Å². The average molecular weight is 381 g/mol. The van der Waals surface area contributed by atoms with E-state index in [1.165, 1.54) is 5.56 Å². The van der Waals surface area contributed by atoms with Gasteiger partial charge in [-0.2, -0.15) is 0 Å². The number of hydrogen-bond donors (Lipinski definition) is 1. The number of nitrogens with zero attached hydrogens (tertiary/aromatic N) is 1.